The summed E-state index contributed by atoms with van der Waals surface area (Å²) < 4.78 is 2.48. The molecule has 3 aromatic rings. The number of benzene rings is 1. The van der Waals surface area contributed by atoms with Crippen molar-refractivity contribution in [2.24, 2.45) is 0 Å². The van der Waals surface area contributed by atoms with Gasteiger partial charge in [0.1, 0.15) is 11.3 Å². The molecule has 0 amide bonds. The summed E-state index contributed by atoms with van der Waals surface area (Å²) in [6.45, 7) is 5.21. The summed E-state index contributed by atoms with van der Waals surface area (Å²) in [5.41, 5.74) is 3.24. The Balaban J connectivity index is 1.77. The lowest BCUT2D eigenvalue weighted by atomic mass is 10.1. The largest absolute Gasteiger partial charge is 0.324 e. The van der Waals surface area contributed by atoms with E-state index in [1.165, 1.54) is 10.9 Å². The van der Waals surface area contributed by atoms with Crippen LogP contribution in [0.15, 0.2) is 30.5 Å². The van der Waals surface area contributed by atoms with Gasteiger partial charge < -0.3 is 9.88 Å². The number of nitrogens with zero attached hydrogens (tertiary/aromatic N) is 4. The number of fused-ring (bicyclic) bond motifs is 3. The Hall–Kier alpha value is -2.45. The van der Waals surface area contributed by atoms with Gasteiger partial charge in [-0.3, -0.25) is 4.98 Å². The number of hydrogen-bond acceptors (Lipinski definition) is 4. The van der Waals surface area contributed by atoms with Gasteiger partial charge in [-0.2, -0.15) is 5.26 Å². The van der Waals surface area contributed by atoms with E-state index in [2.05, 4.69) is 53.0 Å². The molecule has 1 fully saturated rings. The minimum atomic E-state index is 0.367. The first-order chi connectivity index (χ1) is 12.7. The number of nitrogens with one attached hydrogen (secondary N) is 1. The lowest BCUT2D eigenvalue weighted by molar-refractivity contribution is 0.468. The molecule has 26 heavy (non-hydrogen) atoms. The van der Waals surface area contributed by atoms with E-state index in [0.717, 1.165) is 42.7 Å². The van der Waals surface area contributed by atoms with E-state index in [-0.39, 0.29) is 0 Å². The molecule has 2 aromatic heterocycles. The molecule has 0 spiro atoms. The monoisotopic (exact) mass is 347 g/mol. The molecule has 0 radical (unpaired) electrons. The van der Waals surface area contributed by atoms with Crippen molar-refractivity contribution in [3.8, 4) is 6.07 Å². The van der Waals surface area contributed by atoms with Crippen LogP contribution >= 0.6 is 0 Å². The molecule has 4 rings (SSSR count). The standard InChI is InChI=1S/C21H25N5/c1-14(2)21-25-19-13-24-18-7-4-3-6-17(18)20(19)26(21)16-9-8-15(12-16)23-11-5-10-22/h3-4,6-7,13-16,23H,5,8-9,11-12H2,1-2H3. The van der Waals surface area contributed by atoms with Gasteiger partial charge >= 0.3 is 0 Å². The Bertz CT molecular complexity index is 966. The fourth-order valence-electron chi connectivity index (χ4n) is 4.23. The SMILES string of the molecule is CC(C)c1nc2cnc3ccccc3c2n1C1CCC(NCCC#N)C1. The van der Waals surface area contributed by atoms with E-state index in [9.17, 15) is 0 Å². The maximum atomic E-state index is 8.75. The van der Waals surface area contributed by atoms with Crippen LogP contribution in [0.1, 0.15) is 57.3 Å². The summed E-state index contributed by atoms with van der Waals surface area (Å²) in [7, 11) is 0. The highest BCUT2D eigenvalue weighted by Gasteiger charge is 2.29. The first kappa shape index (κ1) is 17.0. The second kappa shape index (κ2) is 7.05. The molecule has 5 heteroatoms. The number of hydrogen-bond donors (Lipinski definition) is 1. The molecule has 0 aliphatic heterocycles. The predicted molar refractivity (Wildman–Crippen MR) is 104 cm³/mol. The van der Waals surface area contributed by atoms with Crippen LogP contribution in [0, 0.1) is 11.3 Å². The maximum absolute atomic E-state index is 8.75. The lowest BCUT2D eigenvalue weighted by Crippen LogP contribution is -2.27. The van der Waals surface area contributed by atoms with Crippen molar-refractivity contribution in [3.63, 3.8) is 0 Å². The molecule has 1 saturated carbocycles. The zero-order valence-electron chi connectivity index (χ0n) is 15.4. The van der Waals surface area contributed by atoms with Gasteiger partial charge in [-0.05, 0) is 25.3 Å². The van der Waals surface area contributed by atoms with Crippen molar-refractivity contribution in [1.82, 2.24) is 19.9 Å². The Morgan fingerprint density at radius 3 is 2.92 bits per heavy atom. The molecular weight excluding hydrogens is 322 g/mol. The number of nitriles is 1. The minimum absolute atomic E-state index is 0.367. The predicted octanol–water partition coefficient (Wildman–Crippen LogP) is 4.30. The number of pyridine rings is 1. The van der Waals surface area contributed by atoms with E-state index in [1.807, 2.05) is 12.3 Å². The van der Waals surface area contributed by atoms with Crippen LogP contribution in [0.3, 0.4) is 0 Å². The molecule has 0 bridgehead atoms. The highest BCUT2D eigenvalue weighted by molar-refractivity contribution is 6.02. The molecule has 0 saturated heterocycles. The second-order valence-corrected chi connectivity index (χ2v) is 7.53. The Morgan fingerprint density at radius 1 is 1.27 bits per heavy atom. The van der Waals surface area contributed by atoms with Crippen molar-refractivity contribution < 1.29 is 0 Å². The summed E-state index contributed by atoms with van der Waals surface area (Å²) in [6, 6.07) is 11.5. The van der Waals surface area contributed by atoms with E-state index in [1.54, 1.807) is 0 Å². The van der Waals surface area contributed by atoms with Crippen LogP contribution in [0.5, 0.6) is 0 Å². The molecule has 2 atom stereocenters. The summed E-state index contributed by atoms with van der Waals surface area (Å²) in [5, 5.41) is 13.5. The molecular formula is C21H25N5. The van der Waals surface area contributed by atoms with E-state index >= 15 is 0 Å². The number of para-hydroxylation sites is 1. The number of aromatic nitrogens is 3. The zero-order chi connectivity index (χ0) is 18.1. The zero-order valence-corrected chi connectivity index (χ0v) is 15.4. The molecule has 1 aromatic carbocycles. The van der Waals surface area contributed by atoms with Crippen LogP contribution in [0.25, 0.3) is 21.9 Å². The van der Waals surface area contributed by atoms with Crippen molar-refractivity contribution in [2.45, 2.75) is 57.5 Å². The quantitative estimate of drug-likeness (QED) is 0.699. The van der Waals surface area contributed by atoms with Crippen molar-refractivity contribution in [3.05, 3.63) is 36.3 Å². The van der Waals surface area contributed by atoms with Gasteiger partial charge in [0.2, 0.25) is 0 Å². The van der Waals surface area contributed by atoms with Crippen molar-refractivity contribution >= 4 is 21.9 Å². The van der Waals surface area contributed by atoms with Gasteiger partial charge in [0.25, 0.3) is 0 Å². The molecule has 1 aliphatic rings. The van der Waals surface area contributed by atoms with Crippen LogP contribution in [-0.2, 0) is 0 Å². The van der Waals surface area contributed by atoms with Gasteiger partial charge in [-0.15, -0.1) is 0 Å². The van der Waals surface area contributed by atoms with Gasteiger partial charge in [0, 0.05) is 36.4 Å². The summed E-state index contributed by atoms with van der Waals surface area (Å²) in [4.78, 5) is 9.54. The van der Waals surface area contributed by atoms with Crippen LogP contribution in [-0.4, -0.2) is 27.1 Å². The topological polar surface area (TPSA) is 66.5 Å². The molecule has 2 heterocycles. The lowest BCUT2D eigenvalue weighted by Gasteiger charge is -2.20. The number of imidazole rings is 1. The third-order valence-corrected chi connectivity index (χ3v) is 5.41. The fourth-order valence-corrected chi connectivity index (χ4v) is 4.23. The average Bonchev–Trinajstić information content (AvgIpc) is 3.26. The highest BCUT2D eigenvalue weighted by atomic mass is 15.1. The Morgan fingerprint density at radius 2 is 2.12 bits per heavy atom. The van der Waals surface area contributed by atoms with E-state index < -0.39 is 0 Å². The molecule has 134 valence electrons. The van der Waals surface area contributed by atoms with Crippen LogP contribution in [0.4, 0.5) is 0 Å². The summed E-state index contributed by atoms with van der Waals surface area (Å²) >= 11 is 0. The molecule has 2 unspecified atom stereocenters. The van der Waals surface area contributed by atoms with E-state index in [4.69, 9.17) is 10.2 Å². The minimum Gasteiger partial charge on any atom is -0.324 e. The molecule has 1 N–H and O–H groups in total. The summed E-state index contributed by atoms with van der Waals surface area (Å²) in [5.74, 6) is 1.52. The van der Waals surface area contributed by atoms with Crippen molar-refractivity contribution in [1.29, 1.82) is 5.26 Å². The van der Waals surface area contributed by atoms with Crippen LogP contribution < -0.4 is 5.32 Å². The third kappa shape index (κ3) is 2.95. The molecule has 5 nitrogen and oxygen atoms in total. The van der Waals surface area contributed by atoms with E-state index in [0.29, 0.717) is 24.4 Å². The second-order valence-electron chi connectivity index (χ2n) is 7.53. The van der Waals surface area contributed by atoms with Gasteiger partial charge in [0.05, 0.1) is 23.3 Å². The summed E-state index contributed by atoms with van der Waals surface area (Å²) in [6.07, 6.45) is 5.87. The first-order valence-electron chi connectivity index (χ1n) is 9.55. The van der Waals surface area contributed by atoms with Gasteiger partial charge in [-0.1, -0.05) is 32.0 Å². The first-order valence-corrected chi connectivity index (χ1v) is 9.55. The van der Waals surface area contributed by atoms with Gasteiger partial charge in [0.15, 0.2) is 0 Å². The fraction of sp³-hybridized carbons (Fsp3) is 0.476. The van der Waals surface area contributed by atoms with Gasteiger partial charge in [-0.25, -0.2) is 4.98 Å². The normalized spacial score (nSPS) is 20.2. The molecule has 1 aliphatic carbocycles. The highest BCUT2D eigenvalue weighted by Crippen LogP contribution is 2.37. The number of rotatable bonds is 5. The van der Waals surface area contributed by atoms with Crippen molar-refractivity contribution in [2.75, 3.05) is 6.54 Å². The Labute approximate surface area is 154 Å². The third-order valence-electron chi connectivity index (χ3n) is 5.41. The maximum Gasteiger partial charge on any atom is 0.112 e. The smallest absolute Gasteiger partial charge is 0.112 e. The Kier molecular flexibility index (Phi) is 4.60. The average molecular weight is 347 g/mol. The van der Waals surface area contributed by atoms with Crippen LogP contribution in [0.2, 0.25) is 0 Å².